The summed E-state index contributed by atoms with van der Waals surface area (Å²) in [6.07, 6.45) is 10.9. The van der Waals surface area contributed by atoms with Gasteiger partial charge in [0.25, 0.3) is 0 Å². The van der Waals surface area contributed by atoms with E-state index in [1.54, 1.807) is 12.2 Å². The fraction of sp³-hybridized carbons (Fsp3) is 0.875. The molecule has 0 radical (unpaired) electrons. The average molecular weight is 533 g/mol. The summed E-state index contributed by atoms with van der Waals surface area (Å²) in [4.78, 5) is 36.4. The standard InChI is InChI=1S/C32H60N4O2/c1-13-15-19-35(25-21-29(3,4)33(11)30(5,6)22-25)27(37)17-18-28(38)36(20-16-14-2)26-23-31(7,8)34(12)32(9,10)24-26/h17-18,25-26H,13-16,19-24H2,1-12H3/b18-17-. The van der Waals surface area contributed by atoms with Crippen LogP contribution in [0.3, 0.4) is 0 Å². The Hall–Kier alpha value is -1.40. The highest BCUT2D eigenvalue weighted by Gasteiger charge is 2.46. The van der Waals surface area contributed by atoms with Crippen LogP contribution in [0.25, 0.3) is 0 Å². The molecule has 38 heavy (non-hydrogen) atoms. The molecule has 0 saturated carbocycles. The van der Waals surface area contributed by atoms with Gasteiger partial charge in [0.2, 0.25) is 11.8 Å². The van der Waals surface area contributed by atoms with Crippen LogP contribution in [0.5, 0.6) is 0 Å². The van der Waals surface area contributed by atoms with Crippen LogP contribution in [-0.4, -0.2) is 92.8 Å². The molecule has 6 nitrogen and oxygen atoms in total. The first-order valence-electron chi connectivity index (χ1n) is 15.2. The van der Waals surface area contributed by atoms with E-state index in [2.05, 4.69) is 103 Å². The average Bonchev–Trinajstić information content (AvgIpc) is 2.79. The van der Waals surface area contributed by atoms with Crippen molar-refractivity contribution >= 4 is 11.8 Å². The second kappa shape index (κ2) is 12.4. The first kappa shape index (κ1) is 32.8. The van der Waals surface area contributed by atoms with Gasteiger partial charge in [-0.15, -0.1) is 0 Å². The van der Waals surface area contributed by atoms with Gasteiger partial charge < -0.3 is 9.80 Å². The third-order valence-electron chi connectivity index (χ3n) is 9.89. The van der Waals surface area contributed by atoms with Crippen LogP contribution < -0.4 is 0 Å². The topological polar surface area (TPSA) is 47.1 Å². The first-order chi connectivity index (χ1) is 17.4. The molecule has 2 fully saturated rings. The van der Waals surface area contributed by atoms with Gasteiger partial charge in [0.05, 0.1) is 0 Å². The lowest BCUT2D eigenvalue weighted by Crippen LogP contribution is -2.63. The monoisotopic (exact) mass is 532 g/mol. The summed E-state index contributed by atoms with van der Waals surface area (Å²) in [7, 11) is 4.40. The lowest BCUT2D eigenvalue weighted by molar-refractivity contribution is -0.135. The molecule has 0 bridgehead atoms. The van der Waals surface area contributed by atoms with Gasteiger partial charge in [0.1, 0.15) is 0 Å². The van der Waals surface area contributed by atoms with Gasteiger partial charge in [-0.2, -0.15) is 0 Å². The predicted octanol–water partition coefficient (Wildman–Crippen LogP) is 6.10. The third kappa shape index (κ3) is 7.62. The van der Waals surface area contributed by atoms with Gasteiger partial charge in [-0.25, -0.2) is 0 Å². The van der Waals surface area contributed by atoms with Crippen molar-refractivity contribution < 1.29 is 9.59 Å². The maximum absolute atomic E-state index is 13.7. The molecule has 2 rings (SSSR count). The van der Waals surface area contributed by atoms with Crippen molar-refractivity contribution in [1.29, 1.82) is 0 Å². The minimum Gasteiger partial charge on any atom is -0.336 e. The largest absolute Gasteiger partial charge is 0.336 e. The van der Waals surface area contributed by atoms with Crippen LogP contribution in [0.4, 0.5) is 0 Å². The van der Waals surface area contributed by atoms with E-state index in [0.717, 1.165) is 64.5 Å². The van der Waals surface area contributed by atoms with Crippen molar-refractivity contribution in [2.24, 2.45) is 0 Å². The molecule has 0 aromatic heterocycles. The van der Waals surface area contributed by atoms with Crippen LogP contribution in [-0.2, 0) is 9.59 Å². The molecule has 0 N–H and O–H groups in total. The maximum Gasteiger partial charge on any atom is 0.247 e. The van der Waals surface area contributed by atoms with E-state index in [0.29, 0.717) is 0 Å². The van der Waals surface area contributed by atoms with E-state index in [1.807, 2.05) is 0 Å². The SMILES string of the molecule is CCCCN(C(=O)/C=C\C(=O)N(CCCC)C1CC(C)(C)N(C)C(C)(C)C1)C1CC(C)(C)N(C)C(C)(C)C1. The molecular weight excluding hydrogens is 472 g/mol. The summed E-state index contributed by atoms with van der Waals surface area (Å²) in [6.45, 7) is 24.0. The molecule has 2 saturated heterocycles. The summed E-state index contributed by atoms with van der Waals surface area (Å²) in [5.74, 6) is -0.0418. The maximum atomic E-state index is 13.7. The van der Waals surface area contributed by atoms with Crippen molar-refractivity contribution in [3.63, 3.8) is 0 Å². The Morgan fingerprint density at radius 2 is 0.895 bits per heavy atom. The second-order valence-electron chi connectivity index (χ2n) is 14.6. The number of amides is 2. The van der Waals surface area contributed by atoms with Crippen LogP contribution in [0.2, 0.25) is 0 Å². The minimum atomic E-state index is -0.0209. The third-order valence-corrected chi connectivity index (χ3v) is 9.89. The number of likely N-dealkylation sites (tertiary alicyclic amines) is 2. The van der Waals surface area contributed by atoms with Crippen LogP contribution in [0.15, 0.2) is 12.2 Å². The van der Waals surface area contributed by atoms with E-state index in [1.165, 1.54) is 0 Å². The quantitative estimate of drug-likeness (QED) is 0.319. The van der Waals surface area contributed by atoms with Gasteiger partial charge in [0, 0.05) is 59.5 Å². The molecule has 0 spiro atoms. The lowest BCUT2D eigenvalue weighted by Gasteiger charge is -2.55. The normalized spacial score (nSPS) is 24.0. The number of carbonyl (C=O) groups excluding carboxylic acids is 2. The van der Waals surface area contributed by atoms with E-state index < -0.39 is 0 Å². The van der Waals surface area contributed by atoms with Gasteiger partial charge in [-0.05, 0) is 108 Å². The van der Waals surface area contributed by atoms with Crippen molar-refractivity contribution in [1.82, 2.24) is 19.6 Å². The fourth-order valence-corrected chi connectivity index (χ4v) is 7.01. The number of hydrogen-bond donors (Lipinski definition) is 0. The molecule has 2 aliphatic rings. The highest BCUT2D eigenvalue weighted by Crippen LogP contribution is 2.40. The summed E-state index contributed by atoms with van der Waals surface area (Å²) in [5, 5.41) is 0. The number of hydrogen-bond acceptors (Lipinski definition) is 4. The highest BCUT2D eigenvalue weighted by atomic mass is 16.2. The number of nitrogens with zero attached hydrogens (tertiary/aromatic N) is 4. The summed E-state index contributed by atoms with van der Waals surface area (Å²) < 4.78 is 0. The summed E-state index contributed by atoms with van der Waals surface area (Å²) in [5.41, 5.74) is 0.00554. The molecule has 2 amide bonds. The molecule has 0 aromatic carbocycles. The Labute approximate surface area is 235 Å². The lowest BCUT2D eigenvalue weighted by atomic mass is 9.76. The van der Waals surface area contributed by atoms with Gasteiger partial charge >= 0.3 is 0 Å². The Balaban J connectivity index is 2.27. The summed E-state index contributed by atoms with van der Waals surface area (Å²) in [6, 6.07) is 0.336. The molecule has 2 heterocycles. The molecule has 0 unspecified atom stereocenters. The molecule has 220 valence electrons. The molecule has 0 aliphatic carbocycles. The fourth-order valence-electron chi connectivity index (χ4n) is 7.01. The number of rotatable bonds is 10. The zero-order valence-electron chi connectivity index (χ0n) is 27.0. The Kier molecular flexibility index (Phi) is 10.7. The van der Waals surface area contributed by atoms with Crippen molar-refractivity contribution in [3.05, 3.63) is 12.2 Å². The smallest absolute Gasteiger partial charge is 0.247 e. The van der Waals surface area contributed by atoms with Crippen molar-refractivity contribution in [2.75, 3.05) is 27.2 Å². The zero-order chi connectivity index (χ0) is 29.1. The van der Waals surface area contributed by atoms with E-state index in [9.17, 15) is 9.59 Å². The number of piperidine rings is 2. The van der Waals surface area contributed by atoms with Crippen LogP contribution in [0.1, 0.15) is 121 Å². The first-order valence-corrected chi connectivity index (χ1v) is 15.2. The van der Waals surface area contributed by atoms with Gasteiger partial charge in [0.15, 0.2) is 0 Å². The number of unbranched alkanes of at least 4 members (excludes halogenated alkanes) is 2. The van der Waals surface area contributed by atoms with E-state index in [-0.39, 0.29) is 46.1 Å². The highest BCUT2D eigenvalue weighted by molar-refractivity contribution is 5.97. The molecule has 2 aliphatic heterocycles. The van der Waals surface area contributed by atoms with Gasteiger partial charge in [-0.1, -0.05) is 26.7 Å². The Morgan fingerprint density at radius 3 is 1.13 bits per heavy atom. The Bertz CT molecular complexity index is 740. The van der Waals surface area contributed by atoms with Crippen molar-refractivity contribution in [2.45, 2.75) is 155 Å². The molecule has 6 heteroatoms. The van der Waals surface area contributed by atoms with Crippen LogP contribution in [0, 0.1) is 0 Å². The summed E-state index contributed by atoms with van der Waals surface area (Å²) >= 11 is 0. The molecular formula is C32H60N4O2. The van der Waals surface area contributed by atoms with Crippen molar-refractivity contribution in [3.8, 4) is 0 Å². The zero-order valence-corrected chi connectivity index (χ0v) is 27.0. The van der Waals surface area contributed by atoms with Crippen LogP contribution >= 0.6 is 0 Å². The predicted molar refractivity (Wildman–Crippen MR) is 160 cm³/mol. The second-order valence-corrected chi connectivity index (χ2v) is 14.6. The number of carbonyl (C=O) groups is 2. The van der Waals surface area contributed by atoms with Gasteiger partial charge in [-0.3, -0.25) is 19.4 Å². The molecule has 0 atom stereocenters. The van der Waals surface area contributed by atoms with E-state index >= 15 is 0 Å². The van der Waals surface area contributed by atoms with E-state index in [4.69, 9.17) is 0 Å². The minimum absolute atomic E-state index is 0.00138. The Morgan fingerprint density at radius 1 is 0.632 bits per heavy atom. The molecule has 0 aromatic rings.